The molecule has 4 aromatic rings. The molecule has 0 saturated carbocycles. The van der Waals surface area contributed by atoms with Gasteiger partial charge in [-0.25, -0.2) is 0 Å². The summed E-state index contributed by atoms with van der Waals surface area (Å²) in [7, 11) is 0. The number of hydrogen-bond acceptors (Lipinski definition) is 4. The van der Waals surface area contributed by atoms with Crippen molar-refractivity contribution in [2.75, 3.05) is 0 Å². The Hall–Kier alpha value is -3.92. The van der Waals surface area contributed by atoms with E-state index in [-0.39, 0.29) is 23.0 Å². The van der Waals surface area contributed by atoms with Gasteiger partial charge >= 0.3 is 0 Å². The van der Waals surface area contributed by atoms with Crippen LogP contribution in [0.25, 0.3) is 0 Å². The molecule has 156 valence electrons. The zero-order valence-corrected chi connectivity index (χ0v) is 17.1. The van der Waals surface area contributed by atoms with Crippen molar-refractivity contribution in [2.24, 2.45) is 0 Å². The Labute approximate surface area is 181 Å². The topological polar surface area (TPSA) is 80.9 Å². The standard InChI is InChI=1S/C27H24O4/c1-18(19-10-2-6-14-23(19)28)27(20-11-3-7-15-24(20)29,21-12-4-8-16-25(21)30)22-13-5-9-17-26(22)31/h2-18,28-31H,1H3. The fourth-order valence-corrected chi connectivity index (χ4v) is 4.64. The van der Waals surface area contributed by atoms with Gasteiger partial charge in [-0.15, -0.1) is 0 Å². The Bertz CT molecular complexity index is 1100. The second kappa shape index (κ2) is 8.07. The Morgan fingerprint density at radius 3 is 1.16 bits per heavy atom. The van der Waals surface area contributed by atoms with Crippen molar-refractivity contribution in [3.8, 4) is 23.0 Å². The SMILES string of the molecule is CC(c1ccccc1O)C(c1ccccc1O)(c1ccccc1O)c1ccccc1O. The number of aromatic hydroxyl groups is 4. The zero-order chi connectivity index (χ0) is 22.0. The van der Waals surface area contributed by atoms with E-state index in [1.807, 2.05) is 19.1 Å². The van der Waals surface area contributed by atoms with Gasteiger partial charge in [0.15, 0.2) is 0 Å². The maximum atomic E-state index is 11.0. The average molecular weight is 412 g/mol. The van der Waals surface area contributed by atoms with Gasteiger partial charge in [0.25, 0.3) is 0 Å². The van der Waals surface area contributed by atoms with Gasteiger partial charge in [-0.2, -0.15) is 0 Å². The van der Waals surface area contributed by atoms with Gasteiger partial charge in [-0.3, -0.25) is 0 Å². The first kappa shape index (κ1) is 20.4. The molecule has 0 radical (unpaired) electrons. The lowest BCUT2D eigenvalue weighted by Gasteiger charge is -2.42. The van der Waals surface area contributed by atoms with Crippen molar-refractivity contribution in [1.29, 1.82) is 0 Å². The van der Waals surface area contributed by atoms with Crippen molar-refractivity contribution < 1.29 is 20.4 Å². The lowest BCUT2D eigenvalue weighted by Crippen LogP contribution is -2.35. The summed E-state index contributed by atoms with van der Waals surface area (Å²) in [6, 6.07) is 27.7. The summed E-state index contributed by atoms with van der Waals surface area (Å²) in [5.74, 6) is -0.312. The van der Waals surface area contributed by atoms with Crippen LogP contribution in [0.1, 0.15) is 35.1 Å². The van der Waals surface area contributed by atoms with Gasteiger partial charge in [0.2, 0.25) is 0 Å². The van der Waals surface area contributed by atoms with Crippen molar-refractivity contribution in [3.63, 3.8) is 0 Å². The van der Waals surface area contributed by atoms with Gasteiger partial charge in [-0.1, -0.05) is 79.7 Å². The Morgan fingerprint density at radius 2 is 0.806 bits per heavy atom. The molecule has 0 aliphatic heterocycles. The van der Waals surface area contributed by atoms with Crippen LogP contribution in [0.15, 0.2) is 97.1 Å². The van der Waals surface area contributed by atoms with Crippen LogP contribution in [-0.2, 0) is 5.41 Å². The van der Waals surface area contributed by atoms with Gasteiger partial charge in [0, 0.05) is 22.6 Å². The van der Waals surface area contributed by atoms with E-state index in [2.05, 4.69) is 0 Å². The molecule has 0 bridgehead atoms. The third kappa shape index (κ3) is 3.26. The van der Waals surface area contributed by atoms with E-state index in [1.54, 1.807) is 84.9 Å². The third-order valence-corrected chi connectivity index (χ3v) is 6.04. The molecule has 0 heterocycles. The molecule has 0 aromatic heterocycles. The molecular formula is C27H24O4. The molecule has 4 aromatic carbocycles. The average Bonchev–Trinajstić information content (AvgIpc) is 2.77. The van der Waals surface area contributed by atoms with Gasteiger partial charge in [0.1, 0.15) is 23.0 Å². The predicted octanol–water partition coefficient (Wildman–Crippen LogP) is 5.65. The highest BCUT2D eigenvalue weighted by molar-refractivity contribution is 5.64. The van der Waals surface area contributed by atoms with Crippen LogP contribution in [0.5, 0.6) is 23.0 Å². The normalized spacial score (nSPS) is 12.4. The monoisotopic (exact) mass is 412 g/mol. The minimum atomic E-state index is -1.21. The fourth-order valence-electron chi connectivity index (χ4n) is 4.64. The fraction of sp³-hybridized carbons (Fsp3) is 0.111. The highest BCUT2D eigenvalue weighted by Gasteiger charge is 2.47. The largest absolute Gasteiger partial charge is 0.508 e. The molecule has 4 heteroatoms. The molecule has 1 atom stereocenters. The number of hydrogen-bond donors (Lipinski definition) is 4. The number of phenolic OH excluding ortho intramolecular Hbond substituents is 4. The van der Waals surface area contributed by atoms with Gasteiger partial charge in [-0.05, 0) is 29.8 Å². The summed E-state index contributed by atoms with van der Waals surface area (Å²) in [6.45, 7) is 1.92. The number of rotatable bonds is 5. The van der Waals surface area contributed by atoms with E-state index in [4.69, 9.17) is 0 Å². The molecular weight excluding hydrogens is 388 g/mol. The molecule has 0 aliphatic carbocycles. The van der Waals surface area contributed by atoms with Crippen molar-refractivity contribution in [2.45, 2.75) is 18.3 Å². The number of benzene rings is 4. The van der Waals surface area contributed by atoms with Crippen LogP contribution in [-0.4, -0.2) is 20.4 Å². The summed E-state index contributed by atoms with van der Waals surface area (Å²) in [5.41, 5.74) is 0.939. The maximum Gasteiger partial charge on any atom is 0.120 e. The van der Waals surface area contributed by atoms with Crippen LogP contribution in [0.3, 0.4) is 0 Å². The zero-order valence-electron chi connectivity index (χ0n) is 17.1. The number of phenols is 4. The lowest BCUT2D eigenvalue weighted by molar-refractivity contribution is 0.388. The molecule has 4 N–H and O–H groups in total. The second-order valence-corrected chi connectivity index (χ2v) is 7.64. The Morgan fingerprint density at radius 1 is 0.484 bits per heavy atom. The summed E-state index contributed by atoms with van der Waals surface area (Å²) in [4.78, 5) is 0. The predicted molar refractivity (Wildman–Crippen MR) is 121 cm³/mol. The summed E-state index contributed by atoms with van der Waals surface area (Å²) in [5, 5.41) is 43.7. The Kier molecular flexibility index (Phi) is 5.30. The molecule has 4 rings (SSSR count). The lowest BCUT2D eigenvalue weighted by atomic mass is 9.59. The quantitative estimate of drug-likeness (QED) is 0.320. The van der Waals surface area contributed by atoms with Crippen molar-refractivity contribution in [3.05, 3.63) is 119 Å². The molecule has 1 unspecified atom stereocenters. The van der Waals surface area contributed by atoms with Crippen LogP contribution in [0.2, 0.25) is 0 Å². The summed E-state index contributed by atoms with van der Waals surface area (Å²) < 4.78 is 0. The summed E-state index contributed by atoms with van der Waals surface area (Å²) >= 11 is 0. The Balaban J connectivity index is 2.20. The minimum Gasteiger partial charge on any atom is -0.508 e. The van der Waals surface area contributed by atoms with E-state index in [9.17, 15) is 20.4 Å². The minimum absolute atomic E-state index is 0.0243. The van der Waals surface area contributed by atoms with Crippen molar-refractivity contribution in [1.82, 2.24) is 0 Å². The van der Waals surface area contributed by atoms with Gasteiger partial charge in [0.05, 0.1) is 5.41 Å². The van der Waals surface area contributed by atoms with Crippen LogP contribution >= 0.6 is 0 Å². The van der Waals surface area contributed by atoms with E-state index < -0.39 is 11.3 Å². The highest BCUT2D eigenvalue weighted by Crippen LogP contribution is 2.56. The van der Waals surface area contributed by atoms with E-state index in [1.165, 1.54) is 0 Å². The first-order valence-electron chi connectivity index (χ1n) is 10.1. The van der Waals surface area contributed by atoms with Crippen molar-refractivity contribution >= 4 is 0 Å². The molecule has 0 saturated heterocycles. The van der Waals surface area contributed by atoms with Crippen LogP contribution in [0, 0.1) is 0 Å². The highest BCUT2D eigenvalue weighted by atomic mass is 16.3. The maximum absolute atomic E-state index is 11.0. The molecule has 0 spiro atoms. The first-order valence-corrected chi connectivity index (χ1v) is 10.1. The smallest absolute Gasteiger partial charge is 0.120 e. The second-order valence-electron chi connectivity index (χ2n) is 7.64. The molecule has 31 heavy (non-hydrogen) atoms. The molecule has 4 nitrogen and oxygen atoms in total. The molecule has 0 fully saturated rings. The number of para-hydroxylation sites is 4. The summed E-state index contributed by atoms with van der Waals surface area (Å²) in [6.07, 6.45) is 0. The van der Waals surface area contributed by atoms with E-state index in [0.29, 0.717) is 22.3 Å². The van der Waals surface area contributed by atoms with E-state index in [0.717, 1.165) is 0 Å². The van der Waals surface area contributed by atoms with E-state index >= 15 is 0 Å². The third-order valence-electron chi connectivity index (χ3n) is 6.04. The molecule has 0 amide bonds. The molecule has 0 aliphatic rings. The van der Waals surface area contributed by atoms with Crippen LogP contribution < -0.4 is 0 Å². The first-order chi connectivity index (χ1) is 15.0. The van der Waals surface area contributed by atoms with Crippen LogP contribution in [0.4, 0.5) is 0 Å². The van der Waals surface area contributed by atoms with Gasteiger partial charge < -0.3 is 20.4 Å².